The molecule has 1 saturated heterocycles. The van der Waals surface area contributed by atoms with E-state index in [9.17, 15) is 4.79 Å². The zero-order valence-electron chi connectivity index (χ0n) is 8.81. The third kappa shape index (κ3) is 1.16. The van der Waals surface area contributed by atoms with Crippen LogP contribution in [0, 0.1) is 0 Å². The molecule has 0 aliphatic carbocycles. The first-order valence-electron chi connectivity index (χ1n) is 5.37. The maximum absolute atomic E-state index is 11.7. The fraction of sp³-hybridized carbons (Fsp3) is 0.417. The molecule has 2 aliphatic heterocycles. The number of hydrogen-bond donors (Lipinski definition) is 0. The Hall–Kier alpha value is -1.51. The van der Waals surface area contributed by atoms with Crippen LogP contribution in [0.3, 0.4) is 0 Å². The highest BCUT2D eigenvalue weighted by molar-refractivity contribution is 5.80. The van der Waals surface area contributed by atoms with Crippen LogP contribution in [0.25, 0.3) is 0 Å². The Balaban J connectivity index is 2.06. The zero-order chi connectivity index (χ0) is 10.4. The molecule has 3 heteroatoms. The van der Waals surface area contributed by atoms with E-state index >= 15 is 0 Å². The predicted molar refractivity (Wildman–Crippen MR) is 58.4 cm³/mol. The predicted octanol–water partition coefficient (Wildman–Crippen LogP) is 1.58. The first-order chi connectivity index (χ1) is 7.27. The van der Waals surface area contributed by atoms with Crippen molar-refractivity contribution in [1.82, 2.24) is 4.90 Å². The Labute approximate surface area is 89.3 Å². The van der Waals surface area contributed by atoms with Gasteiger partial charge in [0.05, 0.1) is 0 Å². The molecule has 0 saturated carbocycles. The van der Waals surface area contributed by atoms with Crippen molar-refractivity contribution in [3.8, 4) is 0 Å². The van der Waals surface area contributed by atoms with Gasteiger partial charge in [-0.15, -0.1) is 0 Å². The molecule has 1 amide bonds. The molecule has 1 unspecified atom stereocenters. The molecular formula is C12H14N2O. The van der Waals surface area contributed by atoms with Crippen LogP contribution in [-0.4, -0.2) is 24.0 Å². The monoisotopic (exact) mass is 202 g/mol. The van der Waals surface area contributed by atoms with Gasteiger partial charge in [-0.3, -0.25) is 4.79 Å². The van der Waals surface area contributed by atoms with E-state index in [0.29, 0.717) is 12.3 Å². The standard InChI is InChI=1S/C12H14N2O/c1-13-10-5-3-2-4-9(10)8-14-11(13)6-7-12(14)15/h2-5,11H,6-8H2,1H3. The van der Waals surface area contributed by atoms with Crippen molar-refractivity contribution in [3.05, 3.63) is 29.8 Å². The number of hydrogen-bond acceptors (Lipinski definition) is 2. The molecule has 3 rings (SSSR count). The smallest absolute Gasteiger partial charge is 0.224 e. The Bertz CT molecular complexity index is 416. The second-order valence-electron chi connectivity index (χ2n) is 4.28. The molecule has 0 spiro atoms. The molecule has 2 aliphatic rings. The first kappa shape index (κ1) is 8.77. The molecule has 2 heterocycles. The molecular weight excluding hydrogens is 188 g/mol. The molecule has 0 N–H and O–H groups in total. The third-order valence-electron chi connectivity index (χ3n) is 3.46. The van der Waals surface area contributed by atoms with Gasteiger partial charge in [-0.1, -0.05) is 18.2 Å². The number of fused-ring (bicyclic) bond motifs is 2. The van der Waals surface area contributed by atoms with Gasteiger partial charge in [0, 0.05) is 25.7 Å². The van der Waals surface area contributed by atoms with Crippen molar-refractivity contribution >= 4 is 11.6 Å². The van der Waals surface area contributed by atoms with E-state index in [4.69, 9.17) is 0 Å². The summed E-state index contributed by atoms with van der Waals surface area (Å²) >= 11 is 0. The molecule has 78 valence electrons. The fourth-order valence-electron chi connectivity index (χ4n) is 2.65. The van der Waals surface area contributed by atoms with Gasteiger partial charge in [-0.05, 0) is 18.1 Å². The summed E-state index contributed by atoms with van der Waals surface area (Å²) in [6.07, 6.45) is 1.94. The number of anilines is 1. The summed E-state index contributed by atoms with van der Waals surface area (Å²) in [5, 5.41) is 0. The summed E-state index contributed by atoms with van der Waals surface area (Å²) in [6.45, 7) is 0.782. The summed E-state index contributed by atoms with van der Waals surface area (Å²) in [5.74, 6) is 0.293. The van der Waals surface area contributed by atoms with Crippen LogP contribution in [0.5, 0.6) is 0 Å². The molecule has 1 fully saturated rings. The van der Waals surface area contributed by atoms with Crippen molar-refractivity contribution in [3.63, 3.8) is 0 Å². The minimum atomic E-state index is 0.285. The number of rotatable bonds is 0. The summed E-state index contributed by atoms with van der Waals surface area (Å²) in [7, 11) is 2.08. The fourth-order valence-corrected chi connectivity index (χ4v) is 2.65. The minimum Gasteiger partial charge on any atom is -0.354 e. The number of nitrogens with zero attached hydrogens (tertiary/aromatic N) is 2. The van der Waals surface area contributed by atoms with Crippen LogP contribution in [-0.2, 0) is 11.3 Å². The largest absolute Gasteiger partial charge is 0.354 e. The lowest BCUT2D eigenvalue weighted by Crippen LogP contribution is -2.47. The van der Waals surface area contributed by atoms with E-state index in [2.05, 4.69) is 30.1 Å². The van der Waals surface area contributed by atoms with Crippen molar-refractivity contribution in [2.75, 3.05) is 11.9 Å². The molecule has 0 radical (unpaired) electrons. The van der Waals surface area contributed by atoms with Crippen LogP contribution >= 0.6 is 0 Å². The van der Waals surface area contributed by atoms with E-state index in [1.165, 1.54) is 11.3 Å². The maximum atomic E-state index is 11.7. The number of para-hydroxylation sites is 1. The van der Waals surface area contributed by atoms with E-state index in [-0.39, 0.29) is 6.17 Å². The third-order valence-corrected chi connectivity index (χ3v) is 3.46. The highest BCUT2D eigenvalue weighted by atomic mass is 16.2. The Morgan fingerprint density at radius 3 is 3.00 bits per heavy atom. The van der Waals surface area contributed by atoms with Gasteiger partial charge in [-0.25, -0.2) is 0 Å². The lowest BCUT2D eigenvalue weighted by Gasteiger charge is -2.40. The Morgan fingerprint density at radius 1 is 1.33 bits per heavy atom. The van der Waals surface area contributed by atoms with Crippen LogP contribution in [0.15, 0.2) is 24.3 Å². The molecule has 0 aromatic heterocycles. The Kier molecular flexibility index (Phi) is 1.75. The second-order valence-corrected chi connectivity index (χ2v) is 4.28. The summed E-state index contributed by atoms with van der Waals surface area (Å²) in [6, 6.07) is 8.33. The summed E-state index contributed by atoms with van der Waals surface area (Å²) < 4.78 is 0. The van der Waals surface area contributed by atoms with Crippen LogP contribution in [0.1, 0.15) is 18.4 Å². The molecule has 15 heavy (non-hydrogen) atoms. The number of carbonyl (C=O) groups excluding carboxylic acids is 1. The quantitative estimate of drug-likeness (QED) is 0.637. The SMILES string of the molecule is CN1c2ccccc2CN2C(=O)CCC21. The van der Waals surface area contributed by atoms with Crippen LogP contribution in [0.2, 0.25) is 0 Å². The minimum absolute atomic E-state index is 0.285. The van der Waals surface area contributed by atoms with E-state index in [1.807, 2.05) is 11.0 Å². The lowest BCUT2D eigenvalue weighted by molar-refractivity contribution is -0.129. The number of benzene rings is 1. The van der Waals surface area contributed by atoms with Crippen molar-refractivity contribution in [1.29, 1.82) is 0 Å². The first-order valence-corrected chi connectivity index (χ1v) is 5.37. The lowest BCUT2D eigenvalue weighted by atomic mass is 10.1. The van der Waals surface area contributed by atoms with Gasteiger partial charge < -0.3 is 9.80 Å². The van der Waals surface area contributed by atoms with Gasteiger partial charge >= 0.3 is 0 Å². The molecule has 1 aromatic carbocycles. The van der Waals surface area contributed by atoms with Crippen molar-refractivity contribution in [2.24, 2.45) is 0 Å². The number of amides is 1. The van der Waals surface area contributed by atoms with Gasteiger partial charge in [0.15, 0.2) is 0 Å². The Morgan fingerprint density at radius 2 is 2.13 bits per heavy atom. The zero-order valence-corrected chi connectivity index (χ0v) is 8.81. The summed E-state index contributed by atoms with van der Waals surface area (Å²) in [5.41, 5.74) is 2.53. The van der Waals surface area contributed by atoms with E-state index in [1.54, 1.807) is 0 Å². The second kappa shape index (κ2) is 2.99. The van der Waals surface area contributed by atoms with E-state index in [0.717, 1.165) is 13.0 Å². The average Bonchev–Trinajstić information content (AvgIpc) is 2.62. The van der Waals surface area contributed by atoms with Crippen LogP contribution < -0.4 is 4.90 Å². The molecule has 1 aromatic rings. The molecule has 3 nitrogen and oxygen atoms in total. The van der Waals surface area contributed by atoms with Gasteiger partial charge in [0.2, 0.25) is 5.91 Å². The van der Waals surface area contributed by atoms with E-state index < -0.39 is 0 Å². The van der Waals surface area contributed by atoms with Gasteiger partial charge in [-0.2, -0.15) is 0 Å². The highest BCUT2D eigenvalue weighted by Crippen LogP contribution is 2.34. The van der Waals surface area contributed by atoms with Crippen molar-refractivity contribution < 1.29 is 4.79 Å². The highest BCUT2D eigenvalue weighted by Gasteiger charge is 2.37. The maximum Gasteiger partial charge on any atom is 0.224 e. The van der Waals surface area contributed by atoms with Crippen LogP contribution in [0.4, 0.5) is 5.69 Å². The number of carbonyl (C=O) groups is 1. The van der Waals surface area contributed by atoms with Gasteiger partial charge in [0.1, 0.15) is 6.17 Å². The topological polar surface area (TPSA) is 23.6 Å². The molecule has 1 atom stereocenters. The molecule has 0 bridgehead atoms. The summed E-state index contributed by atoms with van der Waals surface area (Å²) in [4.78, 5) is 15.9. The average molecular weight is 202 g/mol. The van der Waals surface area contributed by atoms with Gasteiger partial charge in [0.25, 0.3) is 0 Å². The normalized spacial score (nSPS) is 24.1. The van der Waals surface area contributed by atoms with Crippen molar-refractivity contribution in [2.45, 2.75) is 25.6 Å².